The zero-order valence-corrected chi connectivity index (χ0v) is 14.2. The summed E-state index contributed by atoms with van der Waals surface area (Å²) >= 11 is 0. The number of hydrogen-bond donors (Lipinski definition) is 2. The normalized spacial score (nSPS) is 19.4. The van der Waals surface area contributed by atoms with Crippen LogP contribution in [0, 0.1) is 0 Å². The lowest BCUT2D eigenvalue weighted by Crippen LogP contribution is -2.50. The molecule has 0 saturated carbocycles. The largest absolute Gasteiger partial charge is 0.497 e. The van der Waals surface area contributed by atoms with E-state index in [2.05, 4.69) is 5.32 Å². The summed E-state index contributed by atoms with van der Waals surface area (Å²) in [5.74, 6) is -0.590. The highest BCUT2D eigenvalue weighted by Gasteiger charge is 2.38. The third-order valence-corrected chi connectivity index (χ3v) is 4.22. The number of methoxy groups -OCH3 is 1. The molecule has 25 heavy (non-hydrogen) atoms. The Morgan fingerprint density at radius 2 is 1.96 bits per heavy atom. The van der Waals surface area contributed by atoms with Crippen molar-refractivity contribution in [2.45, 2.75) is 37.6 Å². The number of nitrogens with one attached hydrogen (secondary N) is 1. The van der Waals surface area contributed by atoms with Crippen molar-refractivity contribution in [1.82, 2.24) is 5.32 Å². The first-order valence-corrected chi connectivity index (χ1v) is 8.22. The highest BCUT2D eigenvalue weighted by molar-refractivity contribution is 5.96. The summed E-state index contributed by atoms with van der Waals surface area (Å²) in [6.07, 6.45) is 1.14. The van der Waals surface area contributed by atoms with Gasteiger partial charge in [-0.2, -0.15) is 0 Å². The van der Waals surface area contributed by atoms with Gasteiger partial charge in [-0.3, -0.25) is 14.4 Å². The van der Waals surface area contributed by atoms with E-state index in [4.69, 9.17) is 14.6 Å². The van der Waals surface area contributed by atoms with Crippen LogP contribution in [0.5, 0.6) is 5.75 Å². The summed E-state index contributed by atoms with van der Waals surface area (Å²) in [5.41, 5.74) is -0.254. The van der Waals surface area contributed by atoms with E-state index in [1.807, 2.05) is 0 Å². The van der Waals surface area contributed by atoms with Crippen molar-refractivity contribution in [3.8, 4) is 5.75 Å². The predicted molar refractivity (Wildman–Crippen MR) is 89.7 cm³/mol. The molecule has 0 aliphatic carbocycles. The lowest BCUT2D eigenvalue weighted by molar-refractivity contribution is -0.139. The number of ether oxygens (including phenoxy) is 2. The molecule has 0 bridgehead atoms. The molecule has 1 atom stereocenters. The maximum Gasteiger partial charge on any atom is 0.305 e. The van der Waals surface area contributed by atoms with Crippen LogP contribution < -0.4 is 10.1 Å². The quantitative estimate of drug-likeness (QED) is 0.659. The number of ketones is 1. The van der Waals surface area contributed by atoms with Gasteiger partial charge in [-0.05, 0) is 37.1 Å². The second-order valence-corrected chi connectivity index (χ2v) is 6.21. The molecule has 1 heterocycles. The van der Waals surface area contributed by atoms with Crippen molar-refractivity contribution >= 4 is 17.7 Å². The Hall–Kier alpha value is -2.41. The molecule has 1 aliphatic rings. The van der Waals surface area contributed by atoms with Gasteiger partial charge >= 0.3 is 5.97 Å². The second kappa shape index (κ2) is 8.62. The van der Waals surface area contributed by atoms with Gasteiger partial charge in [-0.1, -0.05) is 0 Å². The maximum atomic E-state index is 12.1. The summed E-state index contributed by atoms with van der Waals surface area (Å²) < 4.78 is 10.3. The van der Waals surface area contributed by atoms with Gasteiger partial charge < -0.3 is 19.9 Å². The lowest BCUT2D eigenvalue weighted by atomic mass is 9.94. The van der Waals surface area contributed by atoms with Crippen LogP contribution in [0.25, 0.3) is 0 Å². The molecule has 1 fully saturated rings. The van der Waals surface area contributed by atoms with Crippen molar-refractivity contribution in [3.05, 3.63) is 29.8 Å². The maximum absolute atomic E-state index is 12.1. The molecule has 136 valence electrons. The molecule has 1 aromatic carbocycles. The van der Waals surface area contributed by atoms with E-state index in [1.54, 1.807) is 31.4 Å². The van der Waals surface area contributed by atoms with E-state index >= 15 is 0 Å². The van der Waals surface area contributed by atoms with Crippen molar-refractivity contribution < 1.29 is 29.0 Å². The lowest BCUT2D eigenvalue weighted by Gasteiger charge is -2.27. The van der Waals surface area contributed by atoms with Gasteiger partial charge in [0.1, 0.15) is 5.75 Å². The first kappa shape index (κ1) is 18.9. The number of benzene rings is 1. The fourth-order valence-electron chi connectivity index (χ4n) is 2.87. The van der Waals surface area contributed by atoms with Crippen LogP contribution in [-0.4, -0.2) is 48.6 Å². The molecule has 1 aromatic rings. The van der Waals surface area contributed by atoms with Crippen molar-refractivity contribution in [2.24, 2.45) is 0 Å². The number of carboxylic acid groups (broad SMARTS) is 1. The van der Waals surface area contributed by atoms with Crippen LogP contribution >= 0.6 is 0 Å². The molecule has 1 saturated heterocycles. The summed E-state index contributed by atoms with van der Waals surface area (Å²) in [5, 5.41) is 11.8. The number of amides is 1. The Kier molecular flexibility index (Phi) is 6.52. The van der Waals surface area contributed by atoms with Gasteiger partial charge in [0.2, 0.25) is 5.91 Å². The fraction of sp³-hybridized carbons (Fsp3) is 0.500. The van der Waals surface area contributed by atoms with E-state index in [0.29, 0.717) is 30.8 Å². The highest BCUT2D eigenvalue weighted by atomic mass is 16.5. The monoisotopic (exact) mass is 349 g/mol. The molecule has 2 rings (SSSR count). The topological polar surface area (TPSA) is 102 Å². The third kappa shape index (κ3) is 5.56. The Balaban J connectivity index is 1.79. The minimum atomic E-state index is -0.972. The van der Waals surface area contributed by atoms with Crippen molar-refractivity contribution in [1.29, 1.82) is 0 Å². The first-order chi connectivity index (χ1) is 11.9. The molecular weight excluding hydrogens is 326 g/mol. The van der Waals surface area contributed by atoms with Gasteiger partial charge in [-0.25, -0.2) is 0 Å². The molecule has 1 aliphatic heterocycles. The molecule has 1 unspecified atom stereocenters. The standard InChI is InChI=1S/C18H23NO6/c1-24-14-7-5-13(6-8-14)15(20)3-2-4-16(21)19-18(11-17(22)23)9-10-25-12-18/h5-8H,2-4,9-12H2,1H3,(H,19,21)(H,22,23). The molecule has 7 nitrogen and oxygen atoms in total. The minimum Gasteiger partial charge on any atom is -0.497 e. The molecule has 0 radical (unpaired) electrons. The van der Waals surface area contributed by atoms with E-state index in [1.165, 1.54) is 0 Å². The minimum absolute atomic E-state index is 0.0418. The molecule has 0 aromatic heterocycles. The molecule has 7 heteroatoms. The van der Waals surface area contributed by atoms with Gasteiger partial charge in [0.15, 0.2) is 5.78 Å². The molecule has 2 N–H and O–H groups in total. The number of rotatable bonds is 9. The third-order valence-electron chi connectivity index (χ3n) is 4.22. The number of aliphatic carboxylic acids is 1. The molecule has 1 amide bonds. The summed E-state index contributed by atoms with van der Waals surface area (Å²) in [6.45, 7) is 0.638. The summed E-state index contributed by atoms with van der Waals surface area (Å²) in [6, 6.07) is 6.82. The van der Waals surface area contributed by atoms with Gasteiger partial charge in [-0.15, -0.1) is 0 Å². The fourth-order valence-corrected chi connectivity index (χ4v) is 2.87. The average molecular weight is 349 g/mol. The van der Waals surface area contributed by atoms with E-state index in [9.17, 15) is 14.4 Å². The Morgan fingerprint density at radius 3 is 2.52 bits per heavy atom. The Morgan fingerprint density at radius 1 is 1.24 bits per heavy atom. The number of Topliss-reactive ketones (excluding diaryl/α,β-unsaturated/α-hetero) is 1. The van der Waals surface area contributed by atoms with Gasteiger partial charge in [0.05, 0.1) is 25.7 Å². The number of carbonyl (C=O) groups excluding carboxylic acids is 2. The van der Waals surface area contributed by atoms with Crippen LogP contribution in [0.3, 0.4) is 0 Å². The summed E-state index contributed by atoms with van der Waals surface area (Å²) in [4.78, 5) is 35.2. The van der Waals surface area contributed by atoms with Crippen LogP contribution in [0.1, 0.15) is 42.5 Å². The van der Waals surface area contributed by atoms with Crippen LogP contribution in [0.15, 0.2) is 24.3 Å². The predicted octanol–water partition coefficient (Wildman–Crippen LogP) is 1.80. The molecule has 0 spiro atoms. The number of carbonyl (C=O) groups is 3. The number of carboxylic acids is 1. The van der Waals surface area contributed by atoms with Crippen molar-refractivity contribution in [2.75, 3.05) is 20.3 Å². The van der Waals surface area contributed by atoms with E-state index in [0.717, 1.165) is 0 Å². The highest BCUT2D eigenvalue weighted by Crippen LogP contribution is 2.23. The zero-order chi connectivity index (χ0) is 18.3. The second-order valence-electron chi connectivity index (χ2n) is 6.21. The summed E-state index contributed by atoms with van der Waals surface area (Å²) in [7, 11) is 1.56. The average Bonchev–Trinajstić information content (AvgIpc) is 3.01. The smallest absolute Gasteiger partial charge is 0.305 e. The molecular formula is C18H23NO6. The van der Waals surface area contributed by atoms with Gasteiger partial charge in [0, 0.05) is 25.0 Å². The van der Waals surface area contributed by atoms with Crippen LogP contribution in [0.4, 0.5) is 0 Å². The first-order valence-electron chi connectivity index (χ1n) is 8.22. The SMILES string of the molecule is COc1ccc(C(=O)CCCC(=O)NC2(CC(=O)O)CCOC2)cc1. The Labute approximate surface area is 146 Å². The van der Waals surface area contributed by atoms with E-state index < -0.39 is 11.5 Å². The van der Waals surface area contributed by atoms with Gasteiger partial charge in [0.25, 0.3) is 0 Å². The van der Waals surface area contributed by atoms with Crippen molar-refractivity contribution in [3.63, 3.8) is 0 Å². The Bertz CT molecular complexity index is 619. The zero-order valence-electron chi connectivity index (χ0n) is 14.2. The van der Waals surface area contributed by atoms with E-state index in [-0.39, 0.29) is 37.6 Å². The van der Waals surface area contributed by atoms with Crippen LogP contribution in [-0.2, 0) is 14.3 Å². The van der Waals surface area contributed by atoms with Crippen LogP contribution in [0.2, 0.25) is 0 Å². The number of hydrogen-bond acceptors (Lipinski definition) is 5.